The van der Waals surface area contributed by atoms with Gasteiger partial charge in [0.1, 0.15) is 73.2 Å². The first-order valence-corrected chi connectivity index (χ1v) is 29.4. The number of rotatable bonds is 43. The van der Waals surface area contributed by atoms with E-state index in [1.807, 2.05) is 6.08 Å². The molecule has 3 fully saturated rings. The third kappa shape index (κ3) is 25.3. The first-order valence-electron chi connectivity index (χ1n) is 29.4. The number of aliphatic hydroxyl groups excluding tert-OH is 11. The minimum Gasteiger partial charge on any atom is -0.394 e. The largest absolute Gasteiger partial charge is 0.394 e. The van der Waals surface area contributed by atoms with Gasteiger partial charge in [-0.2, -0.15) is 0 Å². The third-order valence-corrected chi connectivity index (χ3v) is 15.1. The molecule has 17 unspecified atom stereocenters. The molecule has 0 saturated carbocycles. The number of hydrogen-bond donors (Lipinski definition) is 12. The van der Waals surface area contributed by atoms with E-state index < -0.39 is 124 Å². The van der Waals surface area contributed by atoms with Crippen LogP contribution < -0.4 is 5.32 Å². The molecular weight excluding hydrogens is 975 g/mol. The standard InChI is InChI=1S/C56H105NO18/c1-3-5-7-9-10-11-12-13-14-15-16-17-18-19-20-21-22-23-24-25-26-27-28-30-32-34-44(62)57-39(40(61)33-31-29-8-6-4-2)38-70-54-50(68)47(65)52(42(36-59)72-54)75-56-51(69)48(66)53(43(37-60)73-56)74-55-49(67)46(64)45(63)41(35-58)71-55/h31,33,39-43,45-56,58-61,63-69H,3-30,32,34-38H2,1-2H3,(H,57,62)/b33-31+. The second-order valence-electron chi connectivity index (χ2n) is 21.5. The van der Waals surface area contributed by atoms with Crippen LogP contribution in [0.3, 0.4) is 0 Å². The Hall–Kier alpha value is -1.47. The normalized spacial score (nSPS) is 31.2. The van der Waals surface area contributed by atoms with Crippen LogP contribution in [0.15, 0.2) is 12.2 Å². The molecule has 0 aromatic rings. The predicted octanol–water partition coefficient (Wildman–Crippen LogP) is 4.60. The number of hydrogen-bond acceptors (Lipinski definition) is 18. The maximum absolute atomic E-state index is 13.2. The Morgan fingerprint density at radius 3 is 1.25 bits per heavy atom. The topological polar surface area (TPSA) is 307 Å². The number of ether oxygens (including phenoxy) is 6. The van der Waals surface area contributed by atoms with E-state index in [1.54, 1.807) is 6.08 Å². The summed E-state index contributed by atoms with van der Waals surface area (Å²) < 4.78 is 34.0. The van der Waals surface area contributed by atoms with Crippen LogP contribution in [-0.4, -0.2) is 193 Å². The lowest BCUT2D eigenvalue weighted by Crippen LogP contribution is -2.66. The zero-order chi connectivity index (χ0) is 54.8. The Morgan fingerprint density at radius 2 is 0.827 bits per heavy atom. The Labute approximate surface area is 448 Å². The molecule has 442 valence electrons. The van der Waals surface area contributed by atoms with Crippen molar-refractivity contribution in [3.05, 3.63) is 12.2 Å². The lowest BCUT2D eigenvalue weighted by atomic mass is 9.96. The first kappa shape index (κ1) is 67.8. The van der Waals surface area contributed by atoms with Crippen LogP contribution >= 0.6 is 0 Å². The SMILES string of the molecule is CCCCC/C=C/C(O)C(COC1OC(CO)C(OC2OC(CO)C(OC3OC(CO)C(O)C(O)C3O)C(O)C2O)C(O)C1O)NC(=O)CCCCCCCCCCCCCCCCCCCCCCCCCCC. The van der Waals surface area contributed by atoms with Crippen LogP contribution in [0.4, 0.5) is 0 Å². The molecule has 75 heavy (non-hydrogen) atoms. The van der Waals surface area contributed by atoms with Gasteiger partial charge < -0.3 is 89.9 Å². The molecule has 3 aliphatic heterocycles. The van der Waals surface area contributed by atoms with Gasteiger partial charge in [-0.05, 0) is 19.3 Å². The second kappa shape index (κ2) is 40.7. The molecule has 3 saturated heterocycles. The van der Waals surface area contributed by atoms with Gasteiger partial charge in [0.05, 0.1) is 38.6 Å². The highest BCUT2D eigenvalue weighted by Gasteiger charge is 2.53. The fourth-order valence-corrected chi connectivity index (χ4v) is 10.2. The van der Waals surface area contributed by atoms with E-state index >= 15 is 0 Å². The minimum absolute atomic E-state index is 0.247. The molecule has 1 amide bonds. The highest BCUT2D eigenvalue weighted by molar-refractivity contribution is 5.76. The van der Waals surface area contributed by atoms with Crippen LogP contribution in [0, 0.1) is 0 Å². The lowest BCUT2D eigenvalue weighted by molar-refractivity contribution is -0.379. The number of carbonyl (C=O) groups is 1. The van der Waals surface area contributed by atoms with E-state index in [0.717, 1.165) is 44.9 Å². The fourth-order valence-electron chi connectivity index (χ4n) is 10.2. The van der Waals surface area contributed by atoms with E-state index in [0.29, 0.717) is 6.42 Å². The molecule has 0 aromatic heterocycles. The average Bonchev–Trinajstić information content (AvgIpc) is 3.41. The number of amides is 1. The molecule has 0 radical (unpaired) electrons. The Balaban J connectivity index is 1.36. The summed E-state index contributed by atoms with van der Waals surface area (Å²) in [5.41, 5.74) is 0. The maximum atomic E-state index is 13.2. The van der Waals surface area contributed by atoms with Crippen molar-refractivity contribution in [2.24, 2.45) is 0 Å². The second-order valence-corrected chi connectivity index (χ2v) is 21.5. The summed E-state index contributed by atoms with van der Waals surface area (Å²) in [6, 6.07) is -0.963. The first-order chi connectivity index (χ1) is 36.3. The van der Waals surface area contributed by atoms with Crippen molar-refractivity contribution in [1.29, 1.82) is 0 Å². The van der Waals surface area contributed by atoms with E-state index in [-0.39, 0.29) is 18.9 Å². The van der Waals surface area contributed by atoms with Crippen LogP contribution in [0.2, 0.25) is 0 Å². The number of unbranched alkanes of at least 4 members (excludes halogenated alkanes) is 27. The molecular formula is C56H105NO18. The van der Waals surface area contributed by atoms with E-state index in [2.05, 4.69) is 19.2 Å². The Kier molecular flexibility index (Phi) is 36.8. The molecule has 3 aliphatic rings. The number of carbonyl (C=O) groups excluding carboxylic acids is 1. The van der Waals surface area contributed by atoms with Crippen molar-refractivity contribution in [3.63, 3.8) is 0 Å². The van der Waals surface area contributed by atoms with Crippen molar-refractivity contribution in [3.8, 4) is 0 Å². The highest BCUT2D eigenvalue weighted by Crippen LogP contribution is 2.33. The third-order valence-electron chi connectivity index (χ3n) is 15.1. The Bertz CT molecular complexity index is 1430. The lowest BCUT2D eigenvalue weighted by Gasteiger charge is -2.48. The van der Waals surface area contributed by atoms with Crippen LogP contribution in [-0.2, 0) is 33.2 Å². The van der Waals surface area contributed by atoms with Crippen molar-refractivity contribution in [2.75, 3.05) is 26.4 Å². The zero-order valence-electron chi connectivity index (χ0n) is 45.8. The molecule has 12 N–H and O–H groups in total. The molecule has 19 heteroatoms. The van der Waals surface area contributed by atoms with Gasteiger partial charge in [0, 0.05) is 6.42 Å². The van der Waals surface area contributed by atoms with Crippen LogP contribution in [0.1, 0.15) is 206 Å². The molecule has 0 spiro atoms. The number of allylic oxidation sites excluding steroid dienone is 1. The summed E-state index contributed by atoms with van der Waals surface area (Å²) >= 11 is 0. The highest BCUT2D eigenvalue weighted by atomic mass is 16.8. The summed E-state index contributed by atoms with van der Waals surface area (Å²) in [5.74, 6) is -0.279. The molecule has 19 nitrogen and oxygen atoms in total. The molecule has 17 atom stereocenters. The molecule has 0 aromatic carbocycles. The summed E-state index contributed by atoms with van der Waals surface area (Å²) in [4.78, 5) is 13.2. The summed E-state index contributed by atoms with van der Waals surface area (Å²) in [7, 11) is 0. The monoisotopic (exact) mass is 1080 g/mol. The minimum atomic E-state index is -1.97. The quantitative estimate of drug-likeness (QED) is 0.0293. The van der Waals surface area contributed by atoms with Gasteiger partial charge in [-0.1, -0.05) is 193 Å². The van der Waals surface area contributed by atoms with Crippen molar-refractivity contribution in [1.82, 2.24) is 5.32 Å². The van der Waals surface area contributed by atoms with E-state index in [9.17, 15) is 61.0 Å². The number of aliphatic hydroxyl groups is 11. The van der Waals surface area contributed by atoms with Crippen molar-refractivity contribution < 1.29 is 89.4 Å². The van der Waals surface area contributed by atoms with Gasteiger partial charge in [0.25, 0.3) is 0 Å². The fraction of sp³-hybridized carbons (Fsp3) is 0.946. The van der Waals surface area contributed by atoms with Gasteiger partial charge in [-0.25, -0.2) is 0 Å². The summed E-state index contributed by atoms with van der Waals surface area (Å²) in [5, 5.41) is 119. The smallest absolute Gasteiger partial charge is 0.220 e. The van der Waals surface area contributed by atoms with Crippen molar-refractivity contribution in [2.45, 2.75) is 311 Å². The van der Waals surface area contributed by atoms with E-state index in [1.165, 1.54) is 135 Å². The molecule has 0 aliphatic carbocycles. The molecule has 3 rings (SSSR count). The van der Waals surface area contributed by atoms with Gasteiger partial charge in [-0.15, -0.1) is 0 Å². The zero-order valence-corrected chi connectivity index (χ0v) is 45.8. The predicted molar refractivity (Wildman–Crippen MR) is 282 cm³/mol. The van der Waals surface area contributed by atoms with Gasteiger partial charge >= 0.3 is 0 Å². The van der Waals surface area contributed by atoms with E-state index in [4.69, 9.17) is 28.4 Å². The average molecular weight is 1080 g/mol. The van der Waals surface area contributed by atoms with Crippen LogP contribution in [0.5, 0.6) is 0 Å². The van der Waals surface area contributed by atoms with Gasteiger partial charge in [0.15, 0.2) is 18.9 Å². The summed E-state index contributed by atoms with van der Waals surface area (Å²) in [6.45, 7) is 1.60. The summed E-state index contributed by atoms with van der Waals surface area (Å²) in [6.07, 6.45) is 12.9. The van der Waals surface area contributed by atoms with Crippen LogP contribution in [0.25, 0.3) is 0 Å². The molecule has 0 bridgehead atoms. The maximum Gasteiger partial charge on any atom is 0.220 e. The van der Waals surface area contributed by atoms with Crippen molar-refractivity contribution >= 4 is 5.91 Å². The van der Waals surface area contributed by atoms with Gasteiger partial charge in [-0.3, -0.25) is 4.79 Å². The Morgan fingerprint density at radius 1 is 0.467 bits per heavy atom. The molecule has 3 heterocycles. The number of nitrogens with one attached hydrogen (secondary N) is 1. The van der Waals surface area contributed by atoms with Gasteiger partial charge in [0.2, 0.25) is 5.91 Å².